The molecule has 1 heterocycles. The number of hydrogen-bond donors (Lipinski definition) is 2. The zero-order chi connectivity index (χ0) is 15.0. The summed E-state index contributed by atoms with van der Waals surface area (Å²) in [5.41, 5.74) is 3.76. The summed E-state index contributed by atoms with van der Waals surface area (Å²) < 4.78 is 27.8. The topological polar surface area (TPSA) is 94.3 Å². The van der Waals surface area contributed by atoms with Crippen molar-refractivity contribution in [3.05, 3.63) is 23.9 Å². The molecular weight excluding hydrogens is 278 g/mol. The molecular formula is C13H23N3O3S. The number of pyridine rings is 1. The van der Waals surface area contributed by atoms with Gasteiger partial charge in [-0.15, -0.1) is 0 Å². The first kappa shape index (κ1) is 16.9. The predicted octanol–water partition coefficient (Wildman–Crippen LogP) is 0.680. The second-order valence-electron chi connectivity index (χ2n) is 4.66. The molecule has 0 aromatic carbocycles. The van der Waals surface area contributed by atoms with E-state index in [2.05, 4.69) is 10.4 Å². The van der Waals surface area contributed by atoms with Crippen molar-refractivity contribution in [2.24, 2.45) is 5.84 Å². The van der Waals surface area contributed by atoms with Gasteiger partial charge in [0.15, 0.2) is 0 Å². The van der Waals surface area contributed by atoms with Gasteiger partial charge in [0.05, 0.1) is 12.9 Å². The minimum atomic E-state index is -2.90. The van der Waals surface area contributed by atoms with Crippen molar-refractivity contribution in [3.8, 4) is 5.88 Å². The Balaban J connectivity index is 2.46. The number of methoxy groups -OCH3 is 1. The molecule has 1 aromatic rings. The third-order valence-corrected chi connectivity index (χ3v) is 4.96. The van der Waals surface area contributed by atoms with Crippen LogP contribution in [-0.2, 0) is 16.3 Å². The van der Waals surface area contributed by atoms with Gasteiger partial charge in [0.1, 0.15) is 9.84 Å². The summed E-state index contributed by atoms with van der Waals surface area (Å²) in [6, 6.07) is 3.76. The molecule has 0 saturated carbocycles. The predicted molar refractivity (Wildman–Crippen MR) is 79.2 cm³/mol. The van der Waals surface area contributed by atoms with E-state index in [-0.39, 0.29) is 17.5 Å². The zero-order valence-electron chi connectivity index (χ0n) is 12.0. The van der Waals surface area contributed by atoms with E-state index in [1.807, 2.05) is 6.07 Å². The van der Waals surface area contributed by atoms with Crippen LogP contribution in [0.5, 0.6) is 5.88 Å². The van der Waals surface area contributed by atoms with E-state index in [1.165, 1.54) is 0 Å². The number of nitrogens with one attached hydrogen (secondary N) is 1. The highest BCUT2D eigenvalue weighted by atomic mass is 32.2. The molecule has 0 radical (unpaired) electrons. The summed E-state index contributed by atoms with van der Waals surface area (Å²) in [7, 11) is -1.33. The summed E-state index contributed by atoms with van der Waals surface area (Å²) in [5.74, 6) is 6.49. The average molecular weight is 301 g/mol. The van der Waals surface area contributed by atoms with Gasteiger partial charge in [-0.25, -0.2) is 13.4 Å². The lowest BCUT2D eigenvalue weighted by atomic mass is 10.0. The molecule has 1 rings (SSSR count). The Morgan fingerprint density at radius 1 is 1.45 bits per heavy atom. The first-order chi connectivity index (χ1) is 9.50. The molecule has 6 nitrogen and oxygen atoms in total. The quantitative estimate of drug-likeness (QED) is 0.514. The summed E-state index contributed by atoms with van der Waals surface area (Å²) >= 11 is 0. The normalized spacial score (nSPS) is 13.2. The van der Waals surface area contributed by atoms with Gasteiger partial charge < -0.3 is 4.74 Å². The summed E-state index contributed by atoms with van der Waals surface area (Å²) in [6.07, 6.45) is 3.77. The van der Waals surface area contributed by atoms with Crippen LogP contribution in [0.4, 0.5) is 0 Å². The molecule has 114 valence electrons. The summed E-state index contributed by atoms with van der Waals surface area (Å²) in [4.78, 5) is 4.13. The van der Waals surface area contributed by atoms with Crippen molar-refractivity contribution in [2.75, 3.05) is 18.6 Å². The maximum atomic E-state index is 11.4. The zero-order valence-corrected chi connectivity index (χ0v) is 12.8. The maximum Gasteiger partial charge on any atom is 0.212 e. The SMILES string of the molecule is CCS(=O)(=O)CCCC(Cc1ccc(OC)nc1)NN. The van der Waals surface area contributed by atoms with E-state index < -0.39 is 9.84 Å². The Kier molecular flexibility index (Phi) is 6.90. The van der Waals surface area contributed by atoms with Crippen molar-refractivity contribution >= 4 is 9.84 Å². The standard InChI is InChI=1S/C13H23N3O3S/c1-3-20(17,18)8-4-5-12(16-14)9-11-6-7-13(19-2)15-10-11/h6-7,10,12,16H,3-5,8-9,14H2,1-2H3. The van der Waals surface area contributed by atoms with E-state index >= 15 is 0 Å². The Hall–Kier alpha value is -1.18. The van der Waals surface area contributed by atoms with E-state index in [9.17, 15) is 8.42 Å². The molecule has 3 N–H and O–H groups in total. The third-order valence-electron chi connectivity index (χ3n) is 3.17. The van der Waals surface area contributed by atoms with Gasteiger partial charge >= 0.3 is 0 Å². The Labute approximate surface area is 120 Å². The van der Waals surface area contributed by atoms with Gasteiger partial charge in [0, 0.05) is 24.1 Å². The van der Waals surface area contributed by atoms with Crippen molar-refractivity contribution in [1.82, 2.24) is 10.4 Å². The van der Waals surface area contributed by atoms with Crippen LogP contribution in [0.2, 0.25) is 0 Å². The van der Waals surface area contributed by atoms with Crippen molar-refractivity contribution in [3.63, 3.8) is 0 Å². The molecule has 0 amide bonds. The maximum absolute atomic E-state index is 11.4. The van der Waals surface area contributed by atoms with Crippen molar-refractivity contribution < 1.29 is 13.2 Å². The number of nitrogens with two attached hydrogens (primary N) is 1. The Morgan fingerprint density at radius 2 is 2.20 bits per heavy atom. The van der Waals surface area contributed by atoms with E-state index in [4.69, 9.17) is 10.6 Å². The average Bonchev–Trinajstić information content (AvgIpc) is 2.46. The number of hydrogen-bond acceptors (Lipinski definition) is 6. The van der Waals surface area contributed by atoms with Gasteiger partial charge in [-0.2, -0.15) is 0 Å². The minimum absolute atomic E-state index is 0.0391. The fourth-order valence-electron chi connectivity index (χ4n) is 1.88. The number of rotatable bonds is 9. The Bertz CT molecular complexity index is 488. The summed E-state index contributed by atoms with van der Waals surface area (Å²) in [5, 5.41) is 0. The van der Waals surface area contributed by atoms with Crippen LogP contribution in [-0.4, -0.2) is 38.1 Å². The molecule has 0 aliphatic rings. The molecule has 0 fully saturated rings. The molecule has 20 heavy (non-hydrogen) atoms. The van der Waals surface area contributed by atoms with Gasteiger partial charge in [0.25, 0.3) is 0 Å². The monoisotopic (exact) mass is 301 g/mol. The summed E-state index contributed by atoms with van der Waals surface area (Å²) in [6.45, 7) is 1.66. The van der Waals surface area contributed by atoms with Crippen LogP contribution in [0.25, 0.3) is 0 Å². The largest absolute Gasteiger partial charge is 0.481 e. The first-order valence-corrected chi connectivity index (χ1v) is 8.48. The molecule has 1 aromatic heterocycles. The molecule has 0 spiro atoms. The molecule has 1 atom stereocenters. The Morgan fingerprint density at radius 3 is 2.70 bits per heavy atom. The third kappa shape index (κ3) is 5.85. The van der Waals surface area contributed by atoms with Crippen LogP contribution in [0.1, 0.15) is 25.3 Å². The van der Waals surface area contributed by atoms with Gasteiger partial charge in [-0.05, 0) is 24.8 Å². The molecule has 0 aliphatic carbocycles. The second-order valence-corrected chi connectivity index (χ2v) is 7.13. The molecule has 0 aliphatic heterocycles. The second kappa shape index (κ2) is 8.18. The first-order valence-electron chi connectivity index (χ1n) is 6.66. The van der Waals surface area contributed by atoms with Crippen LogP contribution >= 0.6 is 0 Å². The lowest BCUT2D eigenvalue weighted by Gasteiger charge is -2.15. The number of aromatic nitrogens is 1. The minimum Gasteiger partial charge on any atom is -0.481 e. The lowest BCUT2D eigenvalue weighted by Crippen LogP contribution is -2.37. The van der Waals surface area contributed by atoms with Crippen molar-refractivity contribution in [2.45, 2.75) is 32.2 Å². The molecule has 0 bridgehead atoms. The van der Waals surface area contributed by atoms with Crippen LogP contribution in [0.3, 0.4) is 0 Å². The lowest BCUT2D eigenvalue weighted by molar-refractivity contribution is 0.397. The smallest absolute Gasteiger partial charge is 0.212 e. The van der Waals surface area contributed by atoms with E-state index in [0.29, 0.717) is 25.1 Å². The van der Waals surface area contributed by atoms with Gasteiger partial charge in [-0.1, -0.05) is 13.0 Å². The number of nitrogens with zero attached hydrogens (tertiary/aromatic N) is 1. The van der Waals surface area contributed by atoms with E-state index in [1.54, 1.807) is 26.3 Å². The van der Waals surface area contributed by atoms with E-state index in [0.717, 1.165) is 5.56 Å². The molecule has 1 unspecified atom stereocenters. The van der Waals surface area contributed by atoms with Crippen molar-refractivity contribution in [1.29, 1.82) is 0 Å². The molecule has 0 saturated heterocycles. The highest BCUT2D eigenvalue weighted by molar-refractivity contribution is 7.91. The fourth-order valence-corrected chi connectivity index (χ4v) is 2.77. The highest BCUT2D eigenvalue weighted by Crippen LogP contribution is 2.11. The highest BCUT2D eigenvalue weighted by Gasteiger charge is 2.12. The van der Waals surface area contributed by atoms with Gasteiger partial charge in [-0.3, -0.25) is 11.3 Å². The number of ether oxygens (including phenoxy) is 1. The molecule has 7 heteroatoms. The number of sulfone groups is 1. The van der Waals surface area contributed by atoms with Crippen LogP contribution in [0, 0.1) is 0 Å². The fraction of sp³-hybridized carbons (Fsp3) is 0.615. The van der Waals surface area contributed by atoms with Crippen LogP contribution in [0.15, 0.2) is 18.3 Å². The van der Waals surface area contributed by atoms with Crippen LogP contribution < -0.4 is 16.0 Å². The van der Waals surface area contributed by atoms with Gasteiger partial charge in [0.2, 0.25) is 5.88 Å². The number of hydrazine groups is 1.